The van der Waals surface area contributed by atoms with E-state index in [2.05, 4.69) is 49.8 Å². The van der Waals surface area contributed by atoms with Gasteiger partial charge in [0, 0.05) is 4.47 Å². The van der Waals surface area contributed by atoms with Crippen LogP contribution in [0.2, 0.25) is 18.1 Å². The summed E-state index contributed by atoms with van der Waals surface area (Å²) < 4.78 is 12.0. The van der Waals surface area contributed by atoms with Crippen LogP contribution in [0.4, 0.5) is 0 Å². The van der Waals surface area contributed by atoms with Crippen molar-refractivity contribution in [3.8, 4) is 5.75 Å². The van der Waals surface area contributed by atoms with E-state index in [-0.39, 0.29) is 11.0 Å². The quantitative estimate of drug-likeness (QED) is 0.567. The van der Waals surface area contributed by atoms with Crippen LogP contribution in [0.25, 0.3) is 0 Å². The smallest absolute Gasteiger partial charge is 0.341 e. The van der Waals surface area contributed by atoms with Crippen molar-refractivity contribution in [1.82, 2.24) is 0 Å². The van der Waals surface area contributed by atoms with E-state index < -0.39 is 8.32 Å². The van der Waals surface area contributed by atoms with Crippen LogP contribution in [0, 0.1) is 6.92 Å². The summed E-state index contributed by atoms with van der Waals surface area (Å²) in [4.78, 5) is 12.0. The highest BCUT2D eigenvalue weighted by atomic mass is 79.9. The SMILES string of the molecule is COC(=O)c1cc(Br)cc(C)c1O[Si](C)(C)C(C)(C)C. The average Bonchev–Trinajstić information content (AvgIpc) is 2.29. The van der Waals surface area contributed by atoms with Gasteiger partial charge >= 0.3 is 5.97 Å². The summed E-state index contributed by atoms with van der Waals surface area (Å²) in [7, 11) is -0.624. The first-order valence-corrected chi connectivity index (χ1v) is 10.3. The molecule has 112 valence electrons. The van der Waals surface area contributed by atoms with Crippen molar-refractivity contribution in [2.45, 2.75) is 45.8 Å². The molecule has 1 rings (SSSR count). The normalized spacial score (nSPS) is 12.2. The molecule has 0 N–H and O–H groups in total. The fraction of sp³-hybridized carbons (Fsp3) is 0.533. The number of aryl methyl sites for hydroxylation is 1. The van der Waals surface area contributed by atoms with Crippen LogP contribution in [-0.4, -0.2) is 21.4 Å². The molecule has 0 bridgehead atoms. The molecule has 1 aromatic rings. The highest BCUT2D eigenvalue weighted by Gasteiger charge is 2.40. The first-order chi connectivity index (χ1) is 8.99. The molecule has 20 heavy (non-hydrogen) atoms. The monoisotopic (exact) mass is 358 g/mol. The summed E-state index contributed by atoms with van der Waals surface area (Å²) in [5, 5.41) is 0.0693. The minimum atomic E-state index is -2.01. The van der Waals surface area contributed by atoms with E-state index in [0.29, 0.717) is 11.3 Å². The number of carbonyl (C=O) groups is 1. The Morgan fingerprint density at radius 3 is 2.25 bits per heavy atom. The summed E-state index contributed by atoms with van der Waals surface area (Å²) in [5.74, 6) is 0.273. The van der Waals surface area contributed by atoms with Crippen molar-refractivity contribution in [1.29, 1.82) is 0 Å². The predicted octanol–water partition coefficient (Wildman–Crippen LogP) is 4.93. The maximum absolute atomic E-state index is 12.0. The zero-order valence-corrected chi connectivity index (χ0v) is 15.8. The number of esters is 1. The second-order valence-corrected chi connectivity index (χ2v) is 12.1. The van der Waals surface area contributed by atoms with Gasteiger partial charge in [-0.2, -0.15) is 0 Å². The molecule has 3 nitrogen and oxygen atoms in total. The van der Waals surface area contributed by atoms with Gasteiger partial charge in [0.2, 0.25) is 0 Å². The van der Waals surface area contributed by atoms with Crippen LogP contribution in [0.1, 0.15) is 36.7 Å². The minimum absolute atomic E-state index is 0.0693. The molecule has 0 aromatic heterocycles. The standard InChI is InChI=1S/C15H23BrO3Si/c1-10-8-11(16)9-12(14(17)18-5)13(10)19-20(6,7)15(2,3)4/h8-9H,1-7H3. The lowest BCUT2D eigenvalue weighted by molar-refractivity contribution is 0.0598. The lowest BCUT2D eigenvalue weighted by Crippen LogP contribution is -2.44. The van der Waals surface area contributed by atoms with Crippen molar-refractivity contribution < 1.29 is 14.0 Å². The first-order valence-electron chi connectivity index (χ1n) is 6.57. The Bertz CT molecular complexity index is 519. The van der Waals surface area contributed by atoms with Crippen LogP contribution in [-0.2, 0) is 4.74 Å². The number of hydrogen-bond donors (Lipinski definition) is 0. The molecular formula is C15H23BrO3Si. The molecular weight excluding hydrogens is 336 g/mol. The number of rotatable bonds is 3. The Kier molecular flexibility index (Phi) is 5.08. The third-order valence-electron chi connectivity index (χ3n) is 3.81. The zero-order chi connectivity index (χ0) is 15.7. The fourth-order valence-corrected chi connectivity index (χ4v) is 3.19. The summed E-state index contributed by atoms with van der Waals surface area (Å²) >= 11 is 3.41. The van der Waals surface area contributed by atoms with Crippen molar-refractivity contribution in [2.24, 2.45) is 0 Å². The van der Waals surface area contributed by atoms with E-state index in [9.17, 15) is 4.79 Å². The molecule has 0 saturated carbocycles. The predicted molar refractivity (Wildman–Crippen MR) is 88.0 cm³/mol. The Labute approximate surface area is 130 Å². The molecule has 0 saturated heterocycles. The molecule has 0 fully saturated rings. The highest BCUT2D eigenvalue weighted by Crippen LogP contribution is 2.40. The van der Waals surface area contributed by atoms with Crippen molar-refractivity contribution in [3.63, 3.8) is 0 Å². The molecule has 0 heterocycles. The maximum Gasteiger partial charge on any atom is 0.341 e. The molecule has 0 atom stereocenters. The van der Waals surface area contributed by atoms with E-state index in [1.807, 2.05) is 13.0 Å². The topological polar surface area (TPSA) is 35.5 Å². The van der Waals surface area contributed by atoms with Gasteiger partial charge in [-0.1, -0.05) is 36.7 Å². The third kappa shape index (κ3) is 3.64. The van der Waals surface area contributed by atoms with Gasteiger partial charge < -0.3 is 9.16 Å². The van der Waals surface area contributed by atoms with Gasteiger partial charge in [0.15, 0.2) is 0 Å². The maximum atomic E-state index is 12.0. The number of halogens is 1. The molecule has 1 aromatic carbocycles. The average molecular weight is 359 g/mol. The number of ether oxygens (including phenoxy) is 1. The molecule has 0 radical (unpaired) electrons. The lowest BCUT2D eigenvalue weighted by atomic mass is 10.1. The fourth-order valence-electron chi connectivity index (χ4n) is 1.54. The number of benzene rings is 1. The zero-order valence-electron chi connectivity index (χ0n) is 13.3. The van der Waals surface area contributed by atoms with Crippen molar-refractivity contribution >= 4 is 30.2 Å². The van der Waals surface area contributed by atoms with Crippen LogP contribution in [0.15, 0.2) is 16.6 Å². The minimum Gasteiger partial charge on any atom is -0.543 e. The Hall–Kier alpha value is -0.813. The third-order valence-corrected chi connectivity index (χ3v) is 8.59. The summed E-state index contributed by atoms with van der Waals surface area (Å²) in [6, 6.07) is 3.70. The second kappa shape index (κ2) is 5.90. The molecule has 0 amide bonds. The second-order valence-electron chi connectivity index (χ2n) is 6.45. The first kappa shape index (κ1) is 17.2. The van der Waals surface area contributed by atoms with Crippen LogP contribution < -0.4 is 4.43 Å². The van der Waals surface area contributed by atoms with E-state index in [0.717, 1.165) is 10.0 Å². The summed E-state index contributed by atoms with van der Waals surface area (Å²) in [6.45, 7) is 12.8. The molecule has 0 aliphatic rings. The number of methoxy groups -OCH3 is 1. The molecule has 0 aliphatic carbocycles. The van der Waals surface area contributed by atoms with E-state index in [4.69, 9.17) is 9.16 Å². The van der Waals surface area contributed by atoms with Crippen LogP contribution in [0.5, 0.6) is 5.75 Å². The molecule has 0 unspecified atom stereocenters. The van der Waals surface area contributed by atoms with Gasteiger partial charge in [-0.25, -0.2) is 4.79 Å². The Morgan fingerprint density at radius 1 is 1.25 bits per heavy atom. The molecule has 5 heteroatoms. The Balaban J connectivity index is 3.34. The highest BCUT2D eigenvalue weighted by molar-refractivity contribution is 9.10. The lowest BCUT2D eigenvalue weighted by Gasteiger charge is -2.37. The van der Waals surface area contributed by atoms with Gasteiger partial charge in [-0.05, 0) is 42.8 Å². The van der Waals surface area contributed by atoms with Gasteiger partial charge in [0.05, 0.1) is 7.11 Å². The van der Waals surface area contributed by atoms with Gasteiger partial charge in [-0.3, -0.25) is 0 Å². The van der Waals surface area contributed by atoms with E-state index in [1.54, 1.807) is 6.07 Å². The van der Waals surface area contributed by atoms with Crippen LogP contribution in [0.3, 0.4) is 0 Å². The summed E-state index contributed by atoms with van der Waals surface area (Å²) in [6.07, 6.45) is 0. The largest absolute Gasteiger partial charge is 0.543 e. The Morgan fingerprint density at radius 2 is 1.80 bits per heavy atom. The van der Waals surface area contributed by atoms with Crippen molar-refractivity contribution in [3.05, 3.63) is 27.7 Å². The van der Waals surface area contributed by atoms with Gasteiger partial charge in [-0.15, -0.1) is 0 Å². The molecule has 0 spiro atoms. The van der Waals surface area contributed by atoms with Gasteiger partial charge in [0.25, 0.3) is 8.32 Å². The number of hydrogen-bond acceptors (Lipinski definition) is 3. The summed E-state index contributed by atoms with van der Waals surface area (Å²) in [5.41, 5.74) is 1.41. The van der Waals surface area contributed by atoms with Gasteiger partial charge in [0.1, 0.15) is 11.3 Å². The van der Waals surface area contributed by atoms with E-state index in [1.165, 1.54) is 7.11 Å². The number of carbonyl (C=O) groups excluding carboxylic acids is 1. The van der Waals surface area contributed by atoms with Crippen LogP contribution >= 0.6 is 15.9 Å². The van der Waals surface area contributed by atoms with E-state index >= 15 is 0 Å². The molecule has 0 aliphatic heterocycles. The van der Waals surface area contributed by atoms with Crippen molar-refractivity contribution in [2.75, 3.05) is 7.11 Å².